The number of H-pyrrole nitrogens is 1. The molecule has 1 aromatic heterocycles. The number of fused-ring (bicyclic) bond motifs is 9. The second-order valence-corrected chi connectivity index (χ2v) is 14.5. The van der Waals surface area contributed by atoms with Gasteiger partial charge in [0.2, 0.25) is 11.8 Å². The van der Waals surface area contributed by atoms with Crippen LogP contribution in [0, 0.1) is 35.4 Å². The lowest BCUT2D eigenvalue weighted by Crippen LogP contribution is -2.42. The molecule has 3 aromatic carbocycles. The Morgan fingerprint density at radius 1 is 0.978 bits per heavy atom. The third-order valence-corrected chi connectivity index (χ3v) is 12.4. The number of hydrogen-bond donors (Lipinski definition) is 2. The number of amides is 3. The first kappa shape index (κ1) is 28.5. The highest BCUT2D eigenvalue weighted by Gasteiger charge is 2.69. The van der Waals surface area contributed by atoms with E-state index in [0.29, 0.717) is 22.1 Å². The molecule has 3 amide bonds. The third-order valence-electron chi connectivity index (χ3n) is 9.55. The average molecular weight is 662 g/mol. The zero-order valence-corrected chi connectivity index (χ0v) is 25.8. The van der Waals surface area contributed by atoms with Crippen molar-refractivity contribution in [2.75, 3.05) is 16.8 Å². The Bertz CT molecular complexity index is 1910. The molecule has 45 heavy (non-hydrogen) atoms. The van der Waals surface area contributed by atoms with Gasteiger partial charge in [0.05, 0.1) is 22.5 Å². The van der Waals surface area contributed by atoms with Crippen LogP contribution in [0.2, 0.25) is 5.02 Å². The molecule has 7 atom stereocenters. The smallest absolute Gasteiger partial charge is 0.305 e. The zero-order valence-electron chi connectivity index (χ0n) is 23.4. The van der Waals surface area contributed by atoms with Crippen LogP contribution >= 0.6 is 34.7 Å². The number of nitrogens with one attached hydrogen (secondary N) is 2. The van der Waals surface area contributed by atoms with E-state index >= 15 is 0 Å². The fourth-order valence-corrected chi connectivity index (χ4v) is 11.0. The van der Waals surface area contributed by atoms with Gasteiger partial charge >= 0.3 is 4.87 Å². The molecule has 3 fully saturated rings. The van der Waals surface area contributed by atoms with Crippen molar-refractivity contribution in [3.05, 3.63) is 104 Å². The minimum absolute atomic E-state index is 0.00910. The summed E-state index contributed by atoms with van der Waals surface area (Å²) in [6, 6.07) is 19.7. The molecule has 2 bridgehead atoms. The maximum atomic E-state index is 13.9. The van der Waals surface area contributed by atoms with Gasteiger partial charge in [0.15, 0.2) is 6.61 Å². The molecule has 8 rings (SSSR count). The second kappa shape index (κ2) is 10.9. The number of halogens is 2. The lowest BCUT2D eigenvalue weighted by Gasteiger charge is -2.43. The first-order chi connectivity index (χ1) is 21.8. The third kappa shape index (κ3) is 4.62. The number of ether oxygens (including phenoxy) is 1. The molecule has 2 aliphatic heterocycles. The van der Waals surface area contributed by atoms with Gasteiger partial charge in [0.25, 0.3) is 5.91 Å². The number of aromatic amines is 1. The van der Waals surface area contributed by atoms with Gasteiger partial charge in [-0.15, -0.1) is 11.8 Å². The number of para-hydroxylation sites is 1. The van der Waals surface area contributed by atoms with Gasteiger partial charge in [-0.1, -0.05) is 41.1 Å². The summed E-state index contributed by atoms with van der Waals surface area (Å²) in [5.41, 5.74) is 1.81. The van der Waals surface area contributed by atoms with E-state index in [0.717, 1.165) is 33.2 Å². The van der Waals surface area contributed by atoms with Crippen molar-refractivity contribution in [2.45, 2.75) is 22.6 Å². The predicted octanol–water partition coefficient (Wildman–Crippen LogP) is 5.92. The quantitative estimate of drug-likeness (QED) is 0.248. The number of nitrogens with zero attached hydrogens (tertiary/aromatic N) is 1. The van der Waals surface area contributed by atoms with Gasteiger partial charge in [-0.3, -0.25) is 24.1 Å². The predicted molar refractivity (Wildman–Crippen MR) is 169 cm³/mol. The van der Waals surface area contributed by atoms with Gasteiger partial charge in [-0.05, 0) is 78.8 Å². The summed E-state index contributed by atoms with van der Waals surface area (Å²) >= 11 is 8.71. The summed E-state index contributed by atoms with van der Waals surface area (Å²) in [5, 5.41) is 4.14. The van der Waals surface area contributed by atoms with Crippen LogP contribution in [-0.2, 0) is 14.4 Å². The molecular formula is C33H25ClFN3O5S2. The number of anilines is 2. The van der Waals surface area contributed by atoms with E-state index in [1.54, 1.807) is 36.0 Å². The number of imide groups is 1. The van der Waals surface area contributed by atoms with Gasteiger partial charge in [-0.2, -0.15) is 0 Å². The summed E-state index contributed by atoms with van der Waals surface area (Å²) in [4.78, 5) is 58.1. The summed E-state index contributed by atoms with van der Waals surface area (Å²) < 4.78 is 19.8. The molecule has 2 N–H and O–H groups in total. The van der Waals surface area contributed by atoms with E-state index in [1.165, 1.54) is 29.2 Å². The second-order valence-electron chi connectivity index (χ2n) is 11.8. The van der Waals surface area contributed by atoms with E-state index in [1.807, 2.05) is 24.3 Å². The number of thioether (sulfide) groups is 1. The van der Waals surface area contributed by atoms with Crippen molar-refractivity contribution in [1.82, 2.24) is 4.98 Å². The fraction of sp³-hybridized carbons (Fsp3) is 0.273. The van der Waals surface area contributed by atoms with Crippen LogP contribution in [0.1, 0.15) is 22.8 Å². The van der Waals surface area contributed by atoms with Crippen LogP contribution in [0.15, 0.2) is 82.6 Å². The molecule has 2 saturated carbocycles. The normalized spacial score (nSPS) is 27.7. The van der Waals surface area contributed by atoms with Crippen LogP contribution < -0.4 is 19.8 Å². The van der Waals surface area contributed by atoms with E-state index in [9.17, 15) is 23.6 Å². The molecular weight excluding hydrogens is 637 g/mol. The lowest BCUT2D eigenvalue weighted by atomic mass is 9.68. The Hall–Kier alpha value is -3.93. The van der Waals surface area contributed by atoms with Crippen LogP contribution in [0.3, 0.4) is 0 Å². The first-order valence-corrected chi connectivity index (χ1v) is 16.7. The number of thiazole rings is 1. The summed E-state index contributed by atoms with van der Waals surface area (Å²) in [5.74, 6) is -2.17. The summed E-state index contributed by atoms with van der Waals surface area (Å²) in [6.45, 7) is -0.234. The van der Waals surface area contributed by atoms with Crippen LogP contribution in [-0.4, -0.2) is 34.6 Å². The van der Waals surface area contributed by atoms with Gasteiger partial charge in [0.1, 0.15) is 11.6 Å². The van der Waals surface area contributed by atoms with Crippen molar-refractivity contribution in [2.24, 2.45) is 29.6 Å². The standard InChI is InChI=1S/C33H25ClFN3O5S2/c34-15-5-9-17(10-6-15)36-23(39)14-43-22-4-2-1-3-19(22)24-25-20-13-21(28(25)44-30-29(24)45-33(42)37-30)27-26(20)31(40)38(32(27)41)18-11-7-16(35)8-12-18/h1-12,20-21,24-28H,13-14H2,(H,36,39)(H,37,42)/t20-,21-,24+,25-,26+,27+,28-/m1/s1. The molecule has 3 heterocycles. The van der Waals surface area contributed by atoms with Gasteiger partial charge in [0, 0.05) is 32.3 Å². The van der Waals surface area contributed by atoms with Crippen molar-refractivity contribution in [3.63, 3.8) is 0 Å². The average Bonchev–Trinajstić information content (AvgIpc) is 3.77. The number of benzene rings is 3. The topological polar surface area (TPSA) is 109 Å². The number of carbonyl (C=O) groups excluding carboxylic acids is 3. The van der Waals surface area contributed by atoms with Crippen LogP contribution in [0.5, 0.6) is 5.75 Å². The van der Waals surface area contributed by atoms with Crippen molar-refractivity contribution in [1.29, 1.82) is 0 Å². The number of rotatable bonds is 6. The maximum absolute atomic E-state index is 13.9. The van der Waals surface area contributed by atoms with E-state index in [4.69, 9.17) is 16.3 Å². The molecule has 228 valence electrons. The molecule has 4 aliphatic rings. The van der Waals surface area contributed by atoms with Gasteiger partial charge in [-0.25, -0.2) is 4.39 Å². The highest BCUT2D eigenvalue weighted by atomic mass is 35.5. The van der Waals surface area contributed by atoms with Crippen LogP contribution in [0.25, 0.3) is 0 Å². The Balaban J connectivity index is 1.12. The van der Waals surface area contributed by atoms with Crippen molar-refractivity contribution < 1.29 is 23.5 Å². The molecule has 12 heteroatoms. The highest BCUT2D eigenvalue weighted by Crippen LogP contribution is 2.69. The summed E-state index contributed by atoms with van der Waals surface area (Å²) in [7, 11) is 0. The molecule has 0 spiro atoms. The van der Waals surface area contributed by atoms with Crippen LogP contribution in [0.4, 0.5) is 15.8 Å². The van der Waals surface area contributed by atoms with E-state index < -0.39 is 17.7 Å². The van der Waals surface area contributed by atoms with E-state index in [-0.39, 0.29) is 58.1 Å². The summed E-state index contributed by atoms with van der Waals surface area (Å²) in [6.07, 6.45) is 0.731. The van der Waals surface area contributed by atoms with Crippen molar-refractivity contribution in [3.8, 4) is 5.75 Å². The monoisotopic (exact) mass is 661 g/mol. The molecule has 4 aromatic rings. The van der Waals surface area contributed by atoms with Crippen molar-refractivity contribution >= 4 is 63.8 Å². The van der Waals surface area contributed by atoms with E-state index in [2.05, 4.69) is 10.3 Å². The first-order valence-electron chi connectivity index (χ1n) is 14.6. The molecule has 0 radical (unpaired) electrons. The molecule has 8 nitrogen and oxygen atoms in total. The molecule has 0 unspecified atom stereocenters. The number of hydrogen-bond acceptors (Lipinski definition) is 7. The Kier molecular flexibility index (Phi) is 6.88. The number of aromatic nitrogens is 1. The molecule has 2 aliphatic carbocycles. The SMILES string of the molecule is O=C(COc1ccccc1[C@@H]1c2sc(=O)[nH]c2S[C@@H]2[C@@H]3C[C@@H]([C@@H]4C(=O)N(c5ccc(F)cc5)C(=O)[C@@H]34)[C@H]12)Nc1ccc(Cl)cc1. The maximum Gasteiger partial charge on any atom is 0.305 e. The highest BCUT2D eigenvalue weighted by molar-refractivity contribution is 8.00. The Morgan fingerprint density at radius 3 is 2.44 bits per heavy atom. The minimum atomic E-state index is -0.493. The lowest BCUT2D eigenvalue weighted by molar-refractivity contribution is -0.123. The largest absolute Gasteiger partial charge is 0.483 e. The minimum Gasteiger partial charge on any atom is -0.483 e. The Labute approximate surface area is 269 Å². The fourth-order valence-electron chi connectivity index (χ4n) is 7.95. The Morgan fingerprint density at radius 2 is 1.69 bits per heavy atom. The van der Waals surface area contributed by atoms with Gasteiger partial charge < -0.3 is 15.0 Å². The molecule has 1 saturated heterocycles. The zero-order chi connectivity index (χ0) is 31.0. The number of carbonyl (C=O) groups is 3.